The lowest BCUT2D eigenvalue weighted by Crippen LogP contribution is -2.26. The second-order valence-corrected chi connectivity index (χ2v) is 8.41. The molecule has 0 unspecified atom stereocenters. The van der Waals surface area contributed by atoms with Gasteiger partial charge in [0.1, 0.15) is 11.6 Å². The molecular formula is C21H23N5O3S. The molecule has 2 N–H and O–H groups in total. The fraction of sp³-hybridized carbons (Fsp3) is 0.286. The molecule has 0 saturated carbocycles. The number of nitrogens with zero attached hydrogens (tertiary/aromatic N) is 3. The van der Waals surface area contributed by atoms with Crippen molar-refractivity contribution in [2.75, 3.05) is 10.6 Å². The van der Waals surface area contributed by atoms with Crippen LogP contribution in [0.5, 0.6) is 0 Å². The van der Waals surface area contributed by atoms with Crippen molar-refractivity contribution < 1.29 is 9.59 Å². The first-order valence-electron chi connectivity index (χ1n) is 9.51. The zero-order valence-electron chi connectivity index (χ0n) is 17.0. The van der Waals surface area contributed by atoms with Crippen LogP contribution in [0, 0.1) is 12.8 Å². The molecule has 0 fully saturated rings. The summed E-state index contributed by atoms with van der Waals surface area (Å²) in [4.78, 5) is 36.4. The van der Waals surface area contributed by atoms with Gasteiger partial charge in [-0.05, 0) is 42.7 Å². The number of benzene rings is 1. The standard InChI is InChI=1S/C21H23N5O3S/c1-13(2)10-18-24-25-21(30-18)23-20(29)15-5-7-16(8-6-15)22-17(27)12-26-11-14(3)4-9-19(26)28/h4-9,11,13H,10,12H2,1-3H3,(H,22,27)(H,23,25,29). The number of carbonyl (C=O) groups excluding carboxylic acids is 2. The zero-order valence-corrected chi connectivity index (χ0v) is 17.8. The van der Waals surface area contributed by atoms with Gasteiger partial charge in [-0.25, -0.2) is 0 Å². The van der Waals surface area contributed by atoms with Crippen LogP contribution in [-0.4, -0.2) is 26.6 Å². The fourth-order valence-electron chi connectivity index (χ4n) is 2.74. The zero-order chi connectivity index (χ0) is 21.7. The molecule has 0 aliphatic carbocycles. The Morgan fingerprint density at radius 2 is 1.80 bits per heavy atom. The Hall–Kier alpha value is -3.33. The number of amides is 2. The van der Waals surface area contributed by atoms with Gasteiger partial charge in [0.15, 0.2) is 0 Å². The largest absolute Gasteiger partial charge is 0.325 e. The second-order valence-electron chi connectivity index (χ2n) is 7.35. The lowest BCUT2D eigenvalue weighted by molar-refractivity contribution is -0.116. The molecule has 0 aliphatic rings. The molecule has 0 saturated heterocycles. The monoisotopic (exact) mass is 425 g/mol. The number of hydrogen-bond donors (Lipinski definition) is 2. The Morgan fingerprint density at radius 3 is 2.50 bits per heavy atom. The van der Waals surface area contributed by atoms with Crippen LogP contribution < -0.4 is 16.2 Å². The van der Waals surface area contributed by atoms with Crippen LogP contribution in [0.4, 0.5) is 10.8 Å². The summed E-state index contributed by atoms with van der Waals surface area (Å²) in [5, 5.41) is 14.9. The molecule has 0 bridgehead atoms. The topological polar surface area (TPSA) is 106 Å². The van der Waals surface area contributed by atoms with Crippen molar-refractivity contribution in [3.8, 4) is 0 Å². The molecule has 2 heterocycles. The number of carbonyl (C=O) groups is 2. The van der Waals surface area contributed by atoms with E-state index < -0.39 is 0 Å². The number of hydrogen-bond acceptors (Lipinski definition) is 6. The van der Waals surface area contributed by atoms with Crippen molar-refractivity contribution in [1.29, 1.82) is 0 Å². The quantitative estimate of drug-likeness (QED) is 0.605. The molecular weight excluding hydrogens is 402 g/mol. The molecule has 30 heavy (non-hydrogen) atoms. The predicted molar refractivity (Wildman–Crippen MR) is 117 cm³/mol. The van der Waals surface area contributed by atoms with Crippen molar-refractivity contribution in [2.45, 2.75) is 33.7 Å². The van der Waals surface area contributed by atoms with E-state index in [-0.39, 0.29) is 23.9 Å². The molecule has 156 valence electrons. The molecule has 0 spiro atoms. The van der Waals surface area contributed by atoms with Gasteiger partial charge in [-0.15, -0.1) is 10.2 Å². The minimum absolute atomic E-state index is 0.0848. The van der Waals surface area contributed by atoms with Gasteiger partial charge in [0, 0.05) is 29.9 Å². The van der Waals surface area contributed by atoms with Crippen LogP contribution in [0.3, 0.4) is 0 Å². The normalized spacial score (nSPS) is 10.8. The maximum atomic E-state index is 12.4. The molecule has 2 aromatic heterocycles. The van der Waals surface area contributed by atoms with Gasteiger partial charge in [0.05, 0.1) is 0 Å². The van der Waals surface area contributed by atoms with Gasteiger partial charge in [-0.3, -0.25) is 19.7 Å². The average Bonchev–Trinajstić information content (AvgIpc) is 3.11. The lowest BCUT2D eigenvalue weighted by atomic mass is 10.1. The average molecular weight is 426 g/mol. The number of nitrogens with one attached hydrogen (secondary N) is 2. The summed E-state index contributed by atoms with van der Waals surface area (Å²) in [6, 6.07) is 9.62. The third kappa shape index (κ3) is 5.84. The number of anilines is 2. The van der Waals surface area contributed by atoms with E-state index in [2.05, 4.69) is 34.7 Å². The van der Waals surface area contributed by atoms with E-state index in [1.165, 1.54) is 22.0 Å². The van der Waals surface area contributed by atoms with E-state index >= 15 is 0 Å². The molecule has 0 atom stereocenters. The van der Waals surface area contributed by atoms with Gasteiger partial charge < -0.3 is 9.88 Å². The summed E-state index contributed by atoms with van der Waals surface area (Å²) < 4.78 is 1.35. The third-order valence-electron chi connectivity index (χ3n) is 4.15. The Kier molecular flexibility index (Phi) is 6.73. The molecule has 8 nitrogen and oxygen atoms in total. The molecule has 1 aromatic carbocycles. The molecule has 2 amide bonds. The molecule has 3 aromatic rings. The van der Waals surface area contributed by atoms with E-state index in [9.17, 15) is 14.4 Å². The second kappa shape index (κ2) is 9.45. The van der Waals surface area contributed by atoms with Crippen molar-refractivity contribution in [3.05, 3.63) is 69.1 Å². The van der Waals surface area contributed by atoms with E-state index in [1.807, 2.05) is 6.92 Å². The number of aromatic nitrogens is 3. The van der Waals surface area contributed by atoms with Crippen LogP contribution in [0.2, 0.25) is 0 Å². The highest BCUT2D eigenvalue weighted by Crippen LogP contribution is 2.19. The lowest BCUT2D eigenvalue weighted by Gasteiger charge is -2.08. The maximum Gasteiger partial charge on any atom is 0.257 e. The Morgan fingerprint density at radius 1 is 1.07 bits per heavy atom. The van der Waals surface area contributed by atoms with Crippen LogP contribution in [-0.2, 0) is 17.8 Å². The number of aryl methyl sites for hydroxylation is 1. The third-order valence-corrected chi connectivity index (χ3v) is 5.01. The van der Waals surface area contributed by atoms with Crippen molar-refractivity contribution in [3.63, 3.8) is 0 Å². The Balaban J connectivity index is 1.58. The fourth-order valence-corrected chi connectivity index (χ4v) is 3.69. The summed E-state index contributed by atoms with van der Waals surface area (Å²) in [7, 11) is 0. The summed E-state index contributed by atoms with van der Waals surface area (Å²) in [6.07, 6.45) is 2.45. The predicted octanol–water partition coefficient (Wildman–Crippen LogP) is 3.10. The minimum Gasteiger partial charge on any atom is -0.325 e. The molecule has 0 aliphatic heterocycles. The maximum absolute atomic E-state index is 12.4. The highest BCUT2D eigenvalue weighted by atomic mass is 32.1. The summed E-state index contributed by atoms with van der Waals surface area (Å²) in [5.41, 5.74) is 1.62. The molecule has 3 rings (SSSR count). The van der Waals surface area contributed by atoms with Crippen molar-refractivity contribution >= 4 is 34.0 Å². The van der Waals surface area contributed by atoms with Gasteiger partial charge in [0.2, 0.25) is 11.0 Å². The van der Waals surface area contributed by atoms with E-state index in [0.29, 0.717) is 22.3 Å². The van der Waals surface area contributed by atoms with Crippen LogP contribution in [0.15, 0.2) is 47.4 Å². The first kappa shape index (κ1) is 21.4. The highest BCUT2D eigenvalue weighted by Gasteiger charge is 2.12. The SMILES string of the molecule is Cc1ccc(=O)n(CC(=O)Nc2ccc(C(=O)Nc3nnc(CC(C)C)s3)cc2)c1. The van der Waals surface area contributed by atoms with E-state index in [1.54, 1.807) is 36.5 Å². The van der Waals surface area contributed by atoms with E-state index in [4.69, 9.17) is 0 Å². The number of pyridine rings is 1. The van der Waals surface area contributed by atoms with Gasteiger partial charge in [-0.2, -0.15) is 0 Å². The van der Waals surface area contributed by atoms with Gasteiger partial charge >= 0.3 is 0 Å². The first-order valence-corrected chi connectivity index (χ1v) is 10.3. The van der Waals surface area contributed by atoms with Crippen molar-refractivity contribution in [1.82, 2.24) is 14.8 Å². The Labute approximate surface area is 178 Å². The molecule has 0 radical (unpaired) electrons. The smallest absolute Gasteiger partial charge is 0.257 e. The van der Waals surface area contributed by atoms with Crippen LogP contribution in [0.1, 0.15) is 34.8 Å². The van der Waals surface area contributed by atoms with Gasteiger partial charge in [-0.1, -0.05) is 31.3 Å². The summed E-state index contributed by atoms with van der Waals surface area (Å²) >= 11 is 1.36. The minimum atomic E-state index is -0.327. The summed E-state index contributed by atoms with van der Waals surface area (Å²) in [5.74, 6) is -0.160. The first-order chi connectivity index (χ1) is 14.3. The number of rotatable bonds is 7. The highest BCUT2D eigenvalue weighted by molar-refractivity contribution is 7.15. The summed E-state index contributed by atoms with van der Waals surface area (Å²) in [6.45, 7) is 5.96. The van der Waals surface area contributed by atoms with Crippen molar-refractivity contribution in [2.24, 2.45) is 5.92 Å². The Bertz CT molecular complexity index is 1100. The van der Waals surface area contributed by atoms with Gasteiger partial charge in [0.25, 0.3) is 11.5 Å². The van der Waals surface area contributed by atoms with Crippen LogP contribution >= 0.6 is 11.3 Å². The van der Waals surface area contributed by atoms with Crippen LogP contribution in [0.25, 0.3) is 0 Å². The molecule has 9 heteroatoms. The van der Waals surface area contributed by atoms with E-state index in [0.717, 1.165) is 17.0 Å².